The van der Waals surface area contributed by atoms with Crippen molar-refractivity contribution in [3.63, 3.8) is 0 Å². The maximum Gasteiger partial charge on any atom is 0.302 e. The first-order chi connectivity index (χ1) is 9.76. The summed E-state index contributed by atoms with van der Waals surface area (Å²) in [7, 11) is 0. The predicted octanol–water partition coefficient (Wildman–Crippen LogP) is 2.43. The Kier molecular flexibility index (Phi) is 5.24. The van der Waals surface area contributed by atoms with Crippen LogP contribution in [0.1, 0.15) is 26.3 Å². The van der Waals surface area contributed by atoms with Gasteiger partial charge in [0.2, 0.25) is 0 Å². The Bertz CT molecular complexity index is 590. The van der Waals surface area contributed by atoms with Gasteiger partial charge in [0.25, 0.3) is 5.69 Å². The number of carbonyl (C=O) groups excluding carboxylic acids is 1. The van der Waals surface area contributed by atoms with Crippen molar-refractivity contribution in [2.24, 2.45) is 5.41 Å². The highest BCUT2D eigenvalue weighted by Crippen LogP contribution is 2.28. The van der Waals surface area contributed by atoms with Crippen molar-refractivity contribution in [2.45, 2.75) is 20.8 Å². The van der Waals surface area contributed by atoms with Crippen LogP contribution in [0, 0.1) is 26.9 Å². The largest absolute Gasteiger partial charge is 0.491 e. The van der Waals surface area contributed by atoms with Crippen molar-refractivity contribution >= 4 is 11.7 Å². The van der Waals surface area contributed by atoms with Gasteiger partial charge in [0, 0.05) is 18.4 Å². The van der Waals surface area contributed by atoms with E-state index >= 15 is 0 Å². The van der Waals surface area contributed by atoms with Crippen molar-refractivity contribution in [3.8, 4) is 11.8 Å². The summed E-state index contributed by atoms with van der Waals surface area (Å²) in [6, 6.07) is 5.97. The summed E-state index contributed by atoms with van der Waals surface area (Å²) in [5, 5.41) is 19.9. The Hall–Kier alpha value is -2.62. The van der Waals surface area contributed by atoms with Crippen molar-refractivity contribution in [2.75, 3.05) is 13.2 Å². The fourth-order valence-electron chi connectivity index (χ4n) is 1.52. The molecule has 0 N–H and O–H groups in total. The first-order valence-corrected chi connectivity index (χ1v) is 6.20. The summed E-state index contributed by atoms with van der Waals surface area (Å²) in [6.45, 7) is 5.25. The second kappa shape index (κ2) is 6.70. The molecule has 7 nitrogen and oxygen atoms in total. The number of nitriles is 1. The highest BCUT2D eigenvalue weighted by atomic mass is 16.6. The minimum atomic E-state index is -0.630. The van der Waals surface area contributed by atoms with Gasteiger partial charge < -0.3 is 9.47 Å². The van der Waals surface area contributed by atoms with E-state index in [1.165, 1.54) is 25.1 Å². The molecule has 0 amide bonds. The average Bonchev–Trinajstić information content (AvgIpc) is 2.42. The summed E-state index contributed by atoms with van der Waals surface area (Å²) >= 11 is 0. The summed E-state index contributed by atoms with van der Waals surface area (Å²) in [6.07, 6.45) is 0. The van der Waals surface area contributed by atoms with Crippen LogP contribution in [0.25, 0.3) is 0 Å². The van der Waals surface area contributed by atoms with Gasteiger partial charge in [0.1, 0.15) is 11.8 Å². The number of nitro benzene ring substituents is 1. The zero-order valence-corrected chi connectivity index (χ0v) is 12.1. The van der Waals surface area contributed by atoms with Gasteiger partial charge in [0.15, 0.2) is 5.56 Å². The van der Waals surface area contributed by atoms with Crippen LogP contribution in [-0.4, -0.2) is 24.1 Å². The molecule has 1 aromatic carbocycles. The Morgan fingerprint density at radius 1 is 1.43 bits per heavy atom. The molecule has 1 aromatic rings. The zero-order chi connectivity index (χ0) is 16.0. The van der Waals surface area contributed by atoms with Gasteiger partial charge in [-0.25, -0.2) is 0 Å². The number of benzene rings is 1. The van der Waals surface area contributed by atoms with Crippen LogP contribution >= 0.6 is 0 Å². The van der Waals surface area contributed by atoms with E-state index < -0.39 is 16.3 Å². The molecule has 7 heteroatoms. The van der Waals surface area contributed by atoms with Gasteiger partial charge in [-0.05, 0) is 6.07 Å². The first-order valence-electron chi connectivity index (χ1n) is 6.20. The maximum absolute atomic E-state index is 10.9. The summed E-state index contributed by atoms with van der Waals surface area (Å²) < 4.78 is 10.4. The molecular weight excluding hydrogens is 276 g/mol. The van der Waals surface area contributed by atoms with E-state index in [9.17, 15) is 14.9 Å². The third-order valence-electron chi connectivity index (χ3n) is 2.60. The van der Waals surface area contributed by atoms with Gasteiger partial charge in [-0.2, -0.15) is 5.26 Å². The normalized spacial score (nSPS) is 10.6. The van der Waals surface area contributed by atoms with E-state index in [0.29, 0.717) is 0 Å². The van der Waals surface area contributed by atoms with Gasteiger partial charge >= 0.3 is 5.97 Å². The molecule has 0 fully saturated rings. The fraction of sp³-hybridized carbons (Fsp3) is 0.429. The lowest BCUT2D eigenvalue weighted by atomic mass is 9.96. The number of hydrogen-bond donors (Lipinski definition) is 0. The molecule has 21 heavy (non-hydrogen) atoms. The molecule has 0 aliphatic carbocycles. The van der Waals surface area contributed by atoms with Gasteiger partial charge in [-0.1, -0.05) is 19.9 Å². The number of ether oxygens (including phenoxy) is 2. The monoisotopic (exact) mass is 292 g/mol. The van der Waals surface area contributed by atoms with Crippen LogP contribution < -0.4 is 4.74 Å². The minimum absolute atomic E-state index is 0.120. The van der Waals surface area contributed by atoms with Crippen LogP contribution in [0.3, 0.4) is 0 Å². The SMILES string of the molecule is CC(=O)OCC(C)(C)COc1cccc([N+](=O)[O-])c1C#N. The molecule has 0 spiro atoms. The van der Waals surface area contributed by atoms with Crippen LogP contribution in [0.2, 0.25) is 0 Å². The van der Waals surface area contributed by atoms with Crippen LogP contribution in [0.5, 0.6) is 5.75 Å². The average molecular weight is 292 g/mol. The maximum atomic E-state index is 10.9. The molecule has 112 valence electrons. The van der Waals surface area contributed by atoms with Crippen LogP contribution in [0.15, 0.2) is 18.2 Å². The lowest BCUT2D eigenvalue weighted by Crippen LogP contribution is -2.28. The van der Waals surface area contributed by atoms with Gasteiger partial charge in [-0.3, -0.25) is 14.9 Å². The van der Waals surface area contributed by atoms with Crippen LogP contribution in [-0.2, 0) is 9.53 Å². The molecule has 0 saturated carbocycles. The van der Waals surface area contributed by atoms with E-state index in [1.807, 2.05) is 13.8 Å². The molecule has 0 bridgehead atoms. The highest BCUT2D eigenvalue weighted by molar-refractivity contribution is 5.65. The standard InChI is InChI=1S/C14H16N2O5/c1-10(17)20-8-14(2,3)9-21-13-6-4-5-12(16(18)19)11(13)7-15/h4-6H,8-9H2,1-3H3. The van der Waals surface area contributed by atoms with E-state index in [0.717, 1.165) is 0 Å². The smallest absolute Gasteiger partial charge is 0.302 e. The summed E-state index contributed by atoms with van der Waals surface area (Å²) in [5.41, 5.74) is -0.901. The minimum Gasteiger partial charge on any atom is -0.491 e. The predicted molar refractivity (Wildman–Crippen MR) is 73.7 cm³/mol. The van der Waals surface area contributed by atoms with Gasteiger partial charge in [0.05, 0.1) is 18.1 Å². The number of esters is 1. The zero-order valence-electron chi connectivity index (χ0n) is 12.1. The van der Waals surface area contributed by atoms with Crippen molar-refractivity contribution in [1.29, 1.82) is 5.26 Å². The second-order valence-electron chi connectivity index (χ2n) is 5.25. The molecule has 1 rings (SSSR count). The Labute approximate surface area is 122 Å². The molecular formula is C14H16N2O5. The highest BCUT2D eigenvalue weighted by Gasteiger charge is 2.23. The Morgan fingerprint density at radius 3 is 2.62 bits per heavy atom. The molecule has 0 aliphatic heterocycles. The van der Waals surface area contributed by atoms with E-state index in [4.69, 9.17) is 14.7 Å². The van der Waals surface area contributed by atoms with Gasteiger partial charge in [-0.15, -0.1) is 0 Å². The van der Waals surface area contributed by atoms with Crippen molar-refractivity contribution in [3.05, 3.63) is 33.9 Å². The summed E-state index contributed by atoms with van der Waals surface area (Å²) in [4.78, 5) is 21.0. The Morgan fingerprint density at radius 2 is 2.10 bits per heavy atom. The number of nitrogens with zero attached hydrogens (tertiary/aromatic N) is 2. The third-order valence-corrected chi connectivity index (χ3v) is 2.60. The first kappa shape index (κ1) is 16.4. The molecule has 0 atom stereocenters. The fourth-order valence-corrected chi connectivity index (χ4v) is 1.52. The number of nitro groups is 1. The van der Waals surface area contributed by atoms with E-state index in [1.54, 1.807) is 6.07 Å². The molecule has 0 heterocycles. The molecule has 0 radical (unpaired) electrons. The number of rotatable bonds is 6. The molecule has 0 unspecified atom stereocenters. The van der Waals surface area contributed by atoms with E-state index in [-0.39, 0.29) is 30.2 Å². The topological polar surface area (TPSA) is 102 Å². The number of hydrogen-bond acceptors (Lipinski definition) is 6. The Balaban J connectivity index is 2.85. The second-order valence-corrected chi connectivity index (χ2v) is 5.25. The van der Waals surface area contributed by atoms with E-state index in [2.05, 4.69) is 0 Å². The molecule has 0 aromatic heterocycles. The number of carbonyl (C=O) groups is 1. The lowest BCUT2D eigenvalue weighted by molar-refractivity contribution is -0.385. The van der Waals surface area contributed by atoms with Crippen LogP contribution in [0.4, 0.5) is 5.69 Å². The lowest BCUT2D eigenvalue weighted by Gasteiger charge is -2.24. The summed E-state index contributed by atoms with van der Waals surface area (Å²) in [5.74, 6) is -0.251. The third kappa shape index (κ3) is 4.76. The quantitative estimate of drug-likeness (QED) is 0.453. The van der Waals surface area contributed by atoms with Crippen molar-refractivity contribution < 1.29 is 19.2 Å². The van der Waals surface area contributed by atoms with Crippen molar-refractivity contribution in [1.82, 2.24) is 0 Å². The molecule has 0 aliphatic rings. The molecule has 0 saturated heterocycles.